The van der Waals surface area contributed by atoms with Crippen molar-refractivity contribution in [3.63, 3.8) is 0 Å². The maximum atomic E-state index is 12.0. The van der Waals surface area contributed by atoms with Gasteiger partial charge in [0.25, 0.3) is 5.56 Å². The lowest BCUT2D eigenvalue weighted by Gasteiger charge is -2.12. The summed E-state index contributed by atoms with van der Waals surface area (Å²) >= 11 is 0. The van der Waals surface area contributed by atoms with E-state index in [9.17, 15) is 14.4 Å². The minimum absolute atomic E-state index is 0.140. The largest absolute Gasteiger partial charge is 0.480 e. The minimum Gasteiger partial charge on any atom is -0.480 e. The van der Waals surface area contributed by atoms with Gasteiger partial charge in [-0.05, 0) is 13.3 Å². The Balaban J connectivity index is 2.71. The van der Waals surface area contributed by atoms with E-state index in [0.29, 0.717) is 6.42 Å². The van der Waals surface area contributed by atoms with E-state index in [0.717, 1.165) is 0 Å². The van der Waals surface area contributed by atoms with E-state index in [1.54, 1.807) is 7.05 Å². The molecule has 0 saturated heterocycles. The van der Waals surface area contributed by atoms with Gasteiger partial charge in [0, 0.05) is 13.1 Å². The molecule has 0 radical (unpaired) electrons. The molecule has 2 rings (SSSR count). The number of carboxylic acids is 1. The molecule has 9 heteroatoms. The number of carbonyl (C=O) groups is 1. The number of carboxylic acid groups (broad SMARTS) is 1. The third kappa shape index (κ3) is 2.54. The third-order valence-electron chi connectivity index (χ3n) is 3.39. The highest BCUT2D eigenvalue weighted by atomic mass is 16.4. The second-order valence-electron chi connectivity index (χ2n) is 4.80. The third-order valence-corrected chi connectivity index (χ3v) is 3.39. The second-order valence-corrected chi connectivity index (χ2v) is 4.80. The second kappa shape index (κ2) is 5.43. The monoisotopic (exact) mass is 295 g/mol. The number of fused-ring (bicyclic) bond motifs is 1. The normalized spacial score (nSPS) is 12.5. The van der Waals surface area contributed by atoms with Crippen LogP contribution < -0.4 is 16.6 Å². The molecule has 0 saturated carbocycles. The van der Waals surface area contributed by atoms with E-state index in [1.807, 2.05) is 13.8 Å². The summed E-state index contributed by atoms with van der Waals surface area (Å²) < 4.78 is 2.85. The van der Waals surface area contributed by atoms with Gasteiger partial charge in [0.2, 0.25) is 5.95 Å². The first-order valence-electron chi connectivity index (χ1n) is 6.53. The van der Waals surface area contributed by atoms with E-state index in [2.05, 4.69) is 15.3 Å². The van der Waals surface area contributed by atoms with Crippen LogP contribution in [0, 0.1) is 0 Å². The predicted molar refractivity (Wildman–Crippen MR) is 76.7 cm³/mol. The lowest BCUT2D eigenvalue weighted by molar-refractivity contribution is -0.134. The number of aliphatic carboxylic acids is 1. The van der Waals surface area contributed by atoms with Crippen LogP contribution in [0.4, 0.5) is 5.95 Å². The Morgan fingerprint density at radius 1 is 1.48 bits per heavy atom. The van der Waals surface area contributed by atoms with Crippen LogP contribution >= 0.6 is 0 Å². The molecular weight excluding hydrogens is 278 g/mol. The number of nitrogens with zero attached hydrogens (tertiary/aromatic N) is 3. The highest BCUT2D eigenvalue weighted by Gasteiger charge is 2.19. The molecule has 0 amide bonds. The van der Waals surface area contributed by atoms with Crippen LogP contribution in [-0.4, -0.2) is 36.7 Å². The van der Waals surface area contributed by atoms with Gasteiger partial charge in [0.1, 0.15) is 6.54 Å². The van der Waals surface area contributed by atoms with Crippen LogP contribution in [0.1, 0.15) is 26.3 Å². The lowest BCUT2D eigenvalue weighted by Crippen LogP contribution is -2.32. The molecule has 2 aromatic heterocycles. The van der Waals surface area contributed by atoms with Gasteiger partial charge < -0.3 is 15.0 Å². The quantitative estimate of drug-likeness (QED) is 0.707. The molecule has 1 atom stereocenters. The summed E-state index contributed by atoms with van der Waals surface area (Å²) in [5, 5.41) is 11.3. The van der Waals surface area contributed by atoms with Crippen molar-refractivity contribution in [2.75, 3.05) is 11.9 Å². The Hall–Kier alpha value is -2.58. The Bertz CT molecular complexity index is 800. The van der Waals surface area contributed by atoms with Gasteiger partial charge in [0.05, 0.1) is 0 Å². The van der Waals surface area contributed by atoms with Crippen LogP contribution in [0.5, 0.6) is 0 Å². The fourth-order valence-corrected chi connectivity index (χ4v) is 2.12. The van der Waals surface area contributed by atoms with Crippen molar-refractivity contribution in [2.45, 2.75) is 26.3 Å². The number of rotatable bonds is 5. The highest BCUT2D eigenvalue weighted by Crippen LogP contribution is 2.17. The van der Waals surface area contributed by atoms with Crippen molar-refractivity contribution < 1.29 is 9.90 Å². The fraction of sp³-hybridized carbons (Fsp3) is 0.500. The van der Waals surface area contributed by atoms with Crippen molar-refractivity contribution in [3.05, 3.63) is 20.8 Å². The minimum atomic E-state index is -1.05. The zero-order valence-corrected chi connectivity index (χ0v) is 12.0. The molecule has 9 nitrogen and oxygen atoms in total. The van der Waals surface area contributed by atoms with Crippen LogP contribution in [0.2, 0.25) is 0 Å². The number of aromatic nitrogens is 4. The van der Waals surface area contributed by atoms with Gasteiger partial charge in [-0.25, -0.2) is 4.79 Å². The zero-order chi connectivity index (χ0) is 15.7. The molecular formula is C12H17N5O4. The number of hydrogen-bond acceptors (Lipinski definition) is 5. The number of imidazole rings is 1. The van der Waals surface area contributed by atoms with Crippen molar-refractivity contribution >= 4 is 23.1 Å². The van der Waals surface area contributed by atoms with Gasteiger partial charge in [-0.2, -0.15) is 4.98 Å². The summed E-state index contributed by atoms with van der Waals surface area (Å²) in [7, 11) is 1.58. The summed E-state index contributed by atoms with van der Waals surface area (Å²) in [5.41, 5.74) is -0.603. The van der Waals surface area contributed by atoms with Crippen molar-refractivity contribution in [3.8, 4) is 0 Å². The summed E-state index contributed by atoms with van der Waals surface area (Å²) in [5.74, 6) is -0.823. The highest BCUT2D eigenvalue weighted by molar-refractivity contribution is 5.76. The van der Waals surface area contributed by atoms with Gasteiger partial charge in [-0.3, -0.25) is 19.1 Å². The van der Waals surface area contributed by atoms with Crippen LogP contribution in [-0.2, 0) is 11.8 Å². The lowest BCUT2D eigenvalue weighted by atomic mass is 10.2. The number of hydrogen-bond donors (Lipinski definition) is 3. The molecule has 114 valence electrons. The van der Waals surface area contributed by atoms with Crippen LogP contribution in [0.15, 0.2) is 9.59 Å². The number of aromatic amines is 1. The van der Waals surface area contributed by atoms with Crippen molar-refractivity contribution in [1.82, 2.24) is 19.1 Å². The van der Waals surface area contributed by atoms with E-state index < -0.39 is 17.2 Å². The van der Waals surface area contributed by atoms with Crippen LogP contribution in [0.3, 0.4) is 0 Å². The Kier molecular flexibility index (Phi) is 3.83. The Morgan fingerprint density at radius 2 is 2.14 bits per heavy atom. The number of aryl methyl sites for hydroxylation is 1. The first-order chi connectivity index (χ1) is 9.86. The molecule has 0 fully saturated rings. The van der Waals surface area contributed by atoms with Gasteiger partial charge in [-0.1, -0.05) is 6.92 Å². The molecule has 0 aliphatic carbocycles. The first kappa shape index (κ1) is 14.8. The smallest absolute Gasteiger partial charge is 0.330 e. The summed E-state index contributed by atoms with van der Waals surface area (Å²) in [6.07, 6.45) is 0.690. The zero-order valence-electron chi connectivity index (χ0n) is 12.0. The molecule has 21 heavy (non-hydrogen) atoms. The summed E-state index contributed by atoms with van der Waals surface area (Å²) in [6.45, 7) is 3.43. The molecule has 2 heterocycles. The maximum absolute atomic E-state index is 12.0. The molecule has 0 aliphatic heterocycles. The standard InChI is InChI=1S/C12H17N5O4/c1-4-6(2)17-9-8(10(20)15-12(17)21)16(3)11(14-9)13-5-7(18)19/h6H,4-5H2,1-3H3,(H,13,14)(H,18,19)(H,15,20,21). The Labute approximate surface area is 119 Å². The van der Waals surface area contributed by atoms with Gasteiger partial charge >= 0.3 is 11.7 Å². The number of anilines is 1. The van der Waals surface area contributed by atoms with Crippen LogP contribution in [0.25, 0.3) is 11.2 Å². The van der Waals surface area contributed by atoms with E-state index in [-0.39, 0.29) is 29.7 Å². The SMILES string of the molecule is CCC(C)n1c(=O)[nH]c(=O)c2c1nc(NCC(=O)O)n2C. The molecule has 0 bridgehead atoms. The van der Waals surface area contributed by atoms with E-state index >= 15 is 0 Å². The van der Waals surface area contributed by atoms with Gasteiger partial charge in [-0.15, -0.1) is 0 Å². The molecule has 0 aromatic carbocycles. The van der Waals surface area contributed by atoms with Crippen molar-refractivity contribution in [1.29, 1.82) is 0 Å². The molecule has 3 N–H and O–H groups in total. The number of H-pyrrole nitrogens is 1. The average molecular weight is 295 g/mol. The Morgan fingerprint density at radius 3 is 2.71 bits per heavy atom. The van der Waals surface area contributed by atoms with Crippen molar-refractivity contribution in [2.24, 2.45) is 7.05 Å². The topological polar surface area (TPSA) is 122 Å². The first-order valence-corrected chi connectivity index (χ1v) is 6.53. The van der Waals surface area contributed by atoms with Gasteiger partial charge in [0.15, 0.2) is 11.2 Å². The number of nitrogens with one attached hydrogen (secondary N) is 2. The maximum Gasteiger partial charge on any atom is 0.330 e. The molecule has 0 spiro atoms. The molecule has 0 aliphatic rings. The molecule has 1 unspecified atom stereocenters. The van der Waals surface area contributed by atoms with E-state index in [4.69, 9.17) is 5.11 Å². The molecule has 2 aromatic rings. The average Bonchev–Trinajstić information content (AvgIpc) is 2.73. The summed E-state index contributed by atoms with van der Waals surface area (Å²) in [4.78, 5) is 41.0. The summed E-state index contributed by atoms with van der Waals surface area (Å²) in [6, 6.07) is -0.140. The van der Waals surface area contributed by atoms with E-state index in [1.165, 1.54) is 9.13 Å². The predicted octanol–water partition coefficient (Wildman–Crippen LogP) is -0.109. The fourth-order valence-electron chi connectivity index (χ4n) is 2.12.